The lowest BCUT2D eigenvalue weighted by Crippen LogP contribution is -2.35. The lowest BCUT2D eigenvalue weighted by Gasteiger charge is -2.24. The fraction of sp³-hybridized carbons (Fsp3) is 0.333. The second kappa shape index (κ2) is 5.15. The number of nitrogens with two attached hydrogens (primary N) is 1. The van der Waals surface area contributed by atoms with Gasteiger partial charge in [0.1, 0.15) is 11.9 Å². The first-order valence-electron chi connectivity index (χ1n) is 5.70. The second-order valence-corrected chi connectivity index (χ2v) is 4.16. The SMILES string of the molecule is COCCN1C(=O)N=C(N)C1c1ccc(O)c(O)c1. The Morgan fingerprint density at radius 3 is 2.79 bits per heavy atom. The van der Waals surface area contributed by atoms with E-state index in [2.05, 4.69) is 4.99 Å². The van der Waals surface area contributed by atoms with Gasteiger partial charge in [0.25, 0.3) is 0 Å². The summed E-state index contributed by atoms with van der Waals surface area (Å²) in [6.45, 7) is 0.695. The van der Waals surface area contributed by atoms with E-state index in [1.165, 1.54) is 24.1 Å². The van der Waals surface area contributed by atoms with Crippen LogP contribution in [0.3, 0.4) is 0 Å². The lowest BCUT2D eigenvalue weighted by molar-refractivity contribution is 0.150. The van der Waals surface area contributed by atoms with E-state index in [1.54, 1.807) is 6.07 Å². The molecule has 0 aliphatic carbocycles. The number of aliphatic imine (C=N–C) groups is 1. The van der Waals surface area contributed by atoms with Crippen molar-refractivity contribution < 1.29 is 19.7 Å². The van der Waals surface area contributed by atoms with Gasteiger partial charge in [-0.1, -0.05) is 6.07 Å². The monoisotopic (exact) mass is 265 g/mol. The van der Waals surface area contributed by atoms with Crippen LogP contribution in [0.1, 0.15) is 11.6 Å². The minimum absolute atomic E-state index is 0.159. The van der Waals surface area contributed by atoms with E-state index in [0.29, 0.717) is 18.7 Å². The summed E-state index contributed by atoms with van der Waals surface area (Å²) in [6, 6.07) is 3.30. The Labute approximate surface area is 109 Å². The first-order chi connectivity index (χ1) is 9.04. The Hall–Kier alpha value is -2.28. The number of hydrogen-bond donors (Lipinski definition) is 3. The zero-order valence-corrected chi connectivity index (χ0v) is 10.4. The number of benzene rings is 1. The van der Waals surface area contributed by atoms with Gasteiger partial charge < -0.3 is 25.6 Å². The highest BCUT2D eigenvalue weighted by Crippen LogP contribution is 2.32. The first-order valence-corrected chi connectivity index (χ1v) is 5.70. The van der Waals surface area contributed by atoms with Gasteiger partial charge in [0, 0.05) is 13.7 Å². The van der Waals surface area contributed by atoms with E-state index >= 15 is 0 Å². The molecule has 0 spiro atoms. The topological polar surface area (TPSA) is 108 Å². The van der Waals surface area contributed by atoms with Crippen LogP contribution < -0.4 is 5.73 Å². The summed E-state index contributed by atoms with van der Waals surface area (Å²) in [5.41, 5.74) is 6.34. The van der Waals surface area contributed by atoms with E-state index in [9.17, 15) is 15.0 Å². The molecule has 0 aromatic heterocycles. The molecule has 2 rings (SSSR count). The van der Waals surface area contributed by atoms with Gasteiger partial charge in [-0.3, -0.25) is 0 Å². The van der Waals surface area contributed by atoms with Crippen LogP contribution in [0, 0.1) is 0 Å². The predicted molar refractivity (Wildman–Crippen MR) is 68.1 cm³/mol. The van der Waals surface area contributed by atoms with Crippen LogP contribution in [0.15, 0.2) is 23.2 Å². The van der Waals surface area contributed by atoms with Gasteiger partial charge in [0.15, 0.2) is 11.5 Å². The highest BCUT2D eigenvalue weighted by molar-refractivity contribution is 6.03. The average Bonchev–Trinajstić information content (AvgIpc) is 2.65. The van der Waals surface area contributed by atoms with Gasteiger partial charge in [-0.05, 0) is 17.7 Å². The highest BCUT2D eigenvalue weighted by Gasteiger charge is 2.34. The molecule has 1 aromatic carbocycles. The quantitative estimate of drug-likeness (QED) is 0.690. The number of phenolic OH excluding ortho intramolecular Hbond substituents is 2. The van der Waals surface area contributed by atoms with Crippen LogP contribution in [0.25, 0.3) is 0 Å². The van der Waals surface area contributed by atoms with Crippen LogP contribution in [0.4, 0.5) is 4.79 Å². The van der Waals surface area contributed by atoms with Crippen LogP contribution in [0.2, 0.25) is 0 Å². The molecule has 102 valence electrons. The Morgan fingerprint density at radius 1 is 1.42 bits per heavy atom. The van der Waals surface area contributed by atoms with Gasteiger partial charge >= 0.3 is 6.03 Å². The summed E-state index contributed by atoms with van der Waals surface area (Å²) >= 11 is 0. The van der Waals surface area contributed by atoms with Crippen molar-refractivity contribution in [1.29, 1.82) is 0 Å². The maximum absolute atomic E-state index is 11.7. The Bertz CT molecular complexity index is 530. The molecule has 0 radical (unpaired) electrons. The molecule has 2 amide bonds. The predicted octanol–water partition coefficient (Wildman–Crippen LogP) is 0.578. The summed E-state index contributed by atoms with van der Waals surface area (Å²) in [5, 5.41) is 18.8. The summed E-state index contributed by atoms with van der Waals surface area (Å²) < 4.78 is 4.94. The molecule has 7 nitrogen and oxygen atoms in total. The molecule has 1 aliphatic heterocycles. The first kappa shape index (κ1) is 13.2. The van der Waals surface area contributed by atoms with Crippen molar-refractivity contribution in [1.82, 2.24) is 4.90 Å². The zero-order chi connectivity index (χ0) is 14.0. The normalized spacial score (nSPS) is 18.8. The number of carbonyl (C=O) groups excluding carboxylic acids is 1. The summed E-state index contributed by atoms with van der Waals surface area (Å²) in [5.74, 6) is -0.338. The zero-order valence-electron chi connectivity index (χ0n) is 10.4. The third-order valence-electron chi connectivity index (χ3n) is 2.91. The average molecular weight is 265 g/mol. The minimum atomic E-state index is -0.547. The molecular weight excluding hydrogens is 250 g/mol. The standard InChI is InChI=1S/C12H15N3O4/c1-19-5-4-15-10(11(13)14-12(15)18)7-2-3-8(16)9(17)6-7/h2-3,6,10,16-17H,4-5H2,1H3,(H2,13,14,18). The number of methoxy groups -OCH3 is 1. The Balaban J connectivity index is 2.31. The van der Waals surface area contributed by atoms with E-state index in [4.69, 9.17) is 10.5 Å². The third kappa shape index (κ3) is 2.45. The van der Waals surface area contributed by atoms with Gasteiger partial charge in [-0.2, -0.15) is 4.99 Å². The Kier molecular flexibility index (Phi) is 3.57. The molecule has 1 heterocycles. The molecule has 4 N–H and O–H groups in total. The van der Waals surface area contributed by atoms with Crippen LogP contribution in [-0.4, -0.2) is 47.2 Å². The van der Waals surface area contributed by atoms with E-state index in [1.807, 2.05) is 0 Å². The fourth-order valence-corrected chi connectivity index (χ4v) is 1.98. The number of nitrogens with zero attached hydrogens (tertiary/aromatic N) is 2. The number of rotatable bonds is 4. The maximum Gasteiger partial charge on any atom is 0.346 e. The summed E-state index contributed by atoms with van der Waals surface area (Å²) in [6.07, 6.45) is 0. The van der Waals surface area contributed by atoms with Gasteiger partial charge in [-0.25, -0.2) is 4.79 Å². The van der Waals surface area contributed by atoms with E-state index in [0.717, 1.165) is 0 Å². The molecular formula is C12H15N3O4. The van der Waals surface area contributed by atoms with E-state index < -0.39 is 12.1 Å². The number of phenols is 2. The second-order valence-electron chi connectivity index (χ2n) is 4.16. The largest absolute Gasteiger partial charge is 0.504 e. The molecule has 7 heteroatoms. The van der Waals surface area contributed by atoms with E-state index in [-0.39, 0.29) is 17.3 Å². The van der Waals surface area contributed by atoms with Gasteiger partial charge in [0.05, 0.1) is 6.61 Å². The molecule has 0 fully saturated rings. The molecule has 1 atom stereocenters. The number of hydrogen-bond acceptors (Lipinski definition) is 5. The molecule has 0 saturated carbocycles. The molecule has 1 aromatic rings. The van der Waals surface area contributed by atoms with Crippen molar-refractivity contribution in [3.05, 3.63) is 23.8 Å². The summed E-state index contributed by atoms with van der Waals surface area (Å²) in [7, 11) is 1.53. The number of carbonyl (C=O) groups is 1. The number of amidine groups is 1. The molecule has 19 heavy (non-hydrogen) atoms. The number of aromatic hydroxyl groups is 2. The summed E-state index contributed by atoms with van der Waals surface area (Å²) in [4.78, 5) is 16.9. The maximum atomic E-state index is 11.7. The van der Waals surface area contributed by atoms with Crippen LogP contribution in [0.5, 0.6) is 11.5 Å². The number of amides is 2. The van der Waals surface area contributed by atoms with Crippen LogP contribution in [-0.2, 0) is 4.74 Å². The molecule has 0 saturated heterocycles. The van der Waals surface area contributed by atoms with Crippen molar-refractivity contribution in [2.75, 3.05) is 20.3 Å². The molecule has 1 unspecified atom stereocenters. The van der Waals surface area contributed by atoms with Crippen molar-refractivity contribution >= 4 is 11.9 Å². The van der Waals surface area contributed by atoms with Crippen molar-refractivity contribution in [2.24, 2.45) is 10.7 Å². The molecule has 0 bridgehead atoms. The minimum Gasteiger partial charge on any atom is -0.504 e. The highest BCUT2D eigenvalue weighted by atomic mass is 16.5. The molecule has 1 aliphatic rings. The number of urea groups is 1. The van der Waals surface area contributed by atoms with Crippen LogP contribution >= 0.6 is 0 Å². The van der Waals surface area contributed by atoms with Crippen molar-refractivity contribution in [2.45, 2.75) is 6.04 Å². The van der Waals surface area contributed by atoms with Crippen molar-refractivity contribution in [3.63, 3.8) is 0 Å². The number of ether oxygens (including phenoxy) is 1. The van der Waals surface area contributed by atoms with Gasteiger partial charge in [-0.15, -0.1) is 0 Å². The fourth-order valence-electron chi connectivity index (χ4n) is 1.98. The Morgan fingerprint density at radius 2 is 2.16 bits per heavy atom. The third-order valence-corrected chi connectivity index (χ3v) is 2.91. The van der Waals surface area contributed by atoms with Gasteiger partial charge in [0.2, 0.25) is 0 Å². The lowest BCUT2D eigenvalue weighted by atomic mass is 10.0. The van der Waals surface area contributed by atoms with Crippen molar-refractivity contribution in [3.8, 4) is 11.5 Å². The smallest absolute Gasteiger partial charge is 0.346 e.